The van der Waals surface area contributed by atoms with Crippen molar-refractivity contribution in [3.05, 3.63) is 11.3 Å². The van der Waals surface area contributed by atoms with Gasteiger partial charge in [-0.15, -0.1) is 5.10 Å². The van der Waals surface area contributed by atoms with Crippen molar-refractivity contribution in [1.82, 2.24) is 15.2 Å². The van der Waals surface area contributed by atoms with Crippen LogP contribution in [0.2, 0.25) is 5.15 Å². The standard InChI is InChI=1S/C7H9ClN4/c8-6-5-9-11-7(10-6)12-3-1-2-4-12/h5H,1-4H2. The van der Waals surface area contributed by atoms with Gasteiger partial charge < -0.3 is 4.90 Å². The SMILES string of the molecule is Clc1cnnc(N2CCCC2)n1. The van der Waals surface area contributed by atoms with Crippen molar-refractivity contribution in [2.24, 2.45) is 0 Å². The van der Waals surface area contributed by atoms with Gasteiger partial charge in [0.25, 0.3) is 0 Å². The lowest BCUT2D eigenvalue weighted by Gasteiger charge is -2.12. The Morgan fingerprint density at radius 3 is 2.75 bits per heavy atom. The Kier molecular flexibility index (Phi) is 2.08. The number of anilines is 1. The molecule has 1 saturated heterocycles. The number of hydrogen-bond acceptors (Lipinski definition) is 4. The molecule has 4 nitrogen and oxygen atoms in total. The first kappa shape index (κ1) is 7.73. The summed E-state index contributed by atoms with van der Waals surface area (Å²) in [4.78, 5) is 6.17. The lowest BCUT2D eigenvalue weighted by Crippen LogP contribution is -2.20. The van der Waals surface area contributed by atoms with Gasteiger partial charge in [0.05, 0.1) is 6.20 Å². The molecule has 1 aromatic heterocycles. The normalized spacial score (nSPS) is 16.9. The average molecular weight is 185 g/mol. The van der Waals surface area contributed by atoms with E-state index in [2.05, 4.69) is 20.1 Å². The highest BCUT2D eigenvalue weighted by atomic mass is 35.5. The van der Waals surface area contributed by atoms with Crippen LogP contribution in [0.25, 0.3) is 0 Å². The van der Waals surface area contributed by atoms with E-state index < -0.39 is 0 Å². The minimum Gasteiger partial charge on any atom is -0.339 e. The number of aromatic nitrogens is 3. The molecule has 2 heterocycles. The van der Waals surface area contributed by atoms with E-state index in [4.69, 9.17) is 11.6 Å². The van der Waals surface area contributed by atoms with Crippen molar-refractivity contribution in [2.75, 3.05) is 18.0 Å². The minimum atomic E-state index is 0.409. The summed E-state index contributed by atoms with van der Waals surface area (Å²) >= 11 is 5.68. The zero-order valence-corrected chi connectivity index (χ0v) is 7.33. The summed E-state index contributed by atoms with van der Waals surface area (Å²) in [6, 6.07) is 0. The minimum absolute atomic E-state index is 0.409. The molecule has 0 bridgehead atoms. The van der Waals surface area contributed by atoms with Crippen LogP contribution in [0.1, 0.15) is 12.8 Å². The molecule has 5 heteroatoms. The highest BCUT2D eigenvalue weighted by Crippen LogP contribution is 2.15. The first-order chi connectivity index (χ1) is 5.86. The van der Waals surface area contributed by atoms with E-state index in [1.807, 2.05) is 0 Å². The van der Waals surface area contributed by atoms with Gasteiger partial charge >= 0.3 is 0 Å². The Morgan fingerprint density at radius 2 is 2.08 bits per heavy atom. The molecule has 0 saturated carbocycles. The van der Waals surface area contributed by atoms with Gasteiger partial charge in [-0.25, -0.2) is 0 Å². The molecule has 0 spiro atoms. The Morgan fingerprint density at radius 1 is 1.33 bits per heavy atom. The Hall–Kier alpha value is -0.900. The van der Waals surface area contributed by atoms with Crippen LogP contribution in [0.4, 0.5) is 5.95 Å². The Bertz CT molecular complexity index is 272. The molecule has 2 rings (SSSR count). The second kappa shape index (κ2) is 3.23. The van der Waals surface area contributed by atoms with E-state index in [0.717, 1.165) is 13.1 Å². The van der Waals surface area contributed by atoms with Crippen molar-refractivity contribution in [2.45, 2.75) is 12.8 Å². The van der Waals surface area contributed by atoms with Gasteiger partial charge in [0, 0.05) is 13.1 Å². The van der Waals surface area contributed by atoms with Crippen LogP contribution >= 0.6 is 11.6 Å². The third-order valence-corrected chi connectivity index (χ3v) is 2.09. The average Bonchev–Trinajstić information content (AvgIpc) is 2.56. The topological polar surface area (TPSA) is 41.9 Å². The molecule has 1 aliphatic rings. The predicted molar refractivity (Wildman–Crippen MR) is 46.3 cm³/mol. The molecule has 0 unspecified atom stereocenters. The summed E-state index contributed by atoms with van der Waals surface area (Å²) in [6.07, 6.45) is 3.85. The molecular formula is C7H9ClN4. The predicted octanol–water partition coefficient (Wildman–Crippen LogP) is 1.13. The van der Waals surface area contributed by atoms with Crippen LogP contribution in [-0.4, -0.2) is 28.3 Å². The van der Waals surface area contributed by atoms with Crippen molar-refractivity contribution in [1.29, 1.82) is 0 Å². The van der Waals surface area contributed by atoms with Crippen molar-refractivity contribution >= 4 is 17.5 Å². The Balaban J connectivity index is 2.21. The van der Waals surface area contributed by atoms with Gasteiger partial charge in [0.2, 0.25) is 5.95 Å². The zero-order chi connectivity index (χ0) is 8.39. The zero-order valence-electron chi connectivity index (χ0n) is 6.57. The van der Waals surface area contributed by atoms with Crippen molar-refractivity contribution in [3.8, 4) is 0 Å². The fourth-order valence-electron chi connectivity index (χ4n) is 1.33. The number of halogens is 1. The summed E-state index contributed by atoms with van der Waals surface area (Å²) in [6.45, 7) is 2.03. The van der Waals surface area contributed by atoms with Crippen LogP contribution in [0, 0.1) is 0 Å². The molecule has 0 radical (unpaired) electrons. The molecule has 1 aromatic rings. The lowest BCUT2D eigenvalue weighted by atomic mass is 10.4. The van der Waals surface area contributed by atoms with Crippen LogP contribution < -0.4 is 4.90 Å². The van der Waals surface area contributed by atoms with Crippen LogP contribution in [-0.2, 0) is 0 Å². The molecule has 64 valence electrons. The van der Waals surface area contributed by atoms with E-state index >= 15 is 0 Å². The quantitative estimate of drug-likeness (QED) is 0.656. The van der Waals surface area contributed by atoms with Gasteiger partial charge in [0.1, 0.15) is 0 Å². The molecule has 0 N–H and O–H groups in total. The van der Waals surface area contributed by atoms with E-state index in [1.165, 1.54) is 19.0 Å². The number of nitrogens with zero attached hydrogens (tertiary/aromatic N) is 4. The van der Waals surface area contributed by atoms with Gasteiger partial charge in [0.15, 0.2) is 5.15 Å². The largest absolute Gasteiger partial charge is 0.339 e. The first-order valence-corrected chi connectivity index (χ1v) is 4.34. The number of rotatable bonds is 1. The van der Waals surface area contributed by atoms with Crippen molar-refractivity contribution < 1.29 is 0 Å². The van der Waals surface area contributed by atoms with Gasteiger partial charge in [-0.05, 0) is 12.8 Å². The van der Waals surface area contributed by atoms with Crippen LogP contribution in [0.15, 0.2) is 6.20 Å². The van der Waals surface area contributed by atoms with E-state index in [-0.39, 0.29) is 0 Å². The molecule has 0 aliphatic carbocycles. The summed E-state index contributed by atoms with van der Waals surface area (Å²) in [7, 11) is 0. The maximum atomic E-state index is 5.68. The fourth-order valence-corrected chi connectivity index (χ4v) is 1.45. The molecule has 1 fully saturated rings. The number of hydrogen-bond donors (Lipinski definition) is 0. The molecular weight excluding hydrogens is 176 g/mol. The summed E-state index contributed by atoms with van der Waals surface area (Å²) in [5.74, 6) is 0.653. The van der Waals surface area contributed by atoms with Crippen LogP contribution in [0.3, 0.4) is 0 Å². The van der Waals surface area contributed by atoms with Gasteiger partial charge in [-0.3, -0.25) is 0 Å². The second-order valence-electron chi connectivity index (χ2n) is 2.77. The molecule has 0 atom stereocenters. The lowest BCUT2D eigenvalue weighted by molar-refractivity contribution is 0.850. The maximum absolute atomic E-state index is 5.68. The third-order valence-electron chi connectivity index (χ3n) is 1.91. The molecule has 0 amide bonds. The summed E-state index contributed by atoms with van der Waals surface area (Å²) in [5, 5.41) is 8.05. The van der Waals surface area contributed by atoms with E-state index in [0.29, 0.717) is 11.1 Å². The fraction of sp³-hybridized carbons (Fsp3) is 0.571. The highest BCUT2D eigenvalue weighted by molar-refractivity contribution is 6.29. The molecule has 1 aliphatic heterocycles. The van der Waals surface area contributed by atoms with E-state index in [1.54, 1.807) is 0 Å². The van der Waals surface area contributed by atoms with Gasteiger partial charge in [-0.2, -0.15) is 10.1 Å². The maximum Gasteiger partial charge on any atom is 0.246 e. The second-order valence-corrected chi connectivity index (χ2v) is 3.16. The molecule has 0 aromatic carbocycles. The highest BCUT2D eigenvalue weighted by Gasteiger charge is 2.14. The monoisotopic (exact) mass is 184 g/mol. The van der Waals surface area contributed by atoms with Gasteiger partial charge in [-0.1, -0.05) is 11.6 Å². The summed E-state index contributed by atoms with van der Waals surface area (Å²) < 4.78 is 0. The van der Waals surface area contributed by atoms with Crippen molar-refractivity contribution in [3.63, 3.8) is 0 Å². The summed E-state index contributed by atoms with van der Waals surface area (Å²) in [5.41, 5.74) is 0. The third kappa shape index (κ3) is 1.48. The van der Waals surface area contributed by atoms with Crippen LogP contribution in [0.5, 0.6) is 0 Å². The Labute approximate surface area is 75.6 Å². The van der Waals surface area contributed by atoms with E-state index in [9.17, 15) is 0 Å². The molecule has 12 heavy (non-hydrogen) atoms. The smallest absolute Gasteiger partial charge is 0.246 e. The first-order valence-electron chi connectivity index (χ1n) is 3.96.